The average molecular weight is 842 g/mol. The van der Waals surface area contributed by atoms with E-state index in [1.54, 1.807) is 30.3 Å². The third-order valence-electron chi connectivity index (χ3n) is 11.2. The molecular formula is C49H39N5O9. The first-order valence-corrected chi connectivity index (χ1v) is 19.8. The molecule has 0 amide bonds. The van der Waals surface area contributed by atoms with E-state index < -0.39 is 58.4 Å². The van der Waals surface area contributed by atoms with Crippen LogP contribution in [0.3, 0.4) is 0 Å². The van der Waals surface area contributed by atoms with Crippen LogP contribution in [0, 0.1) is 5.92 Å². The number of phenols is 4. The number of benzene rings is 5. The van der Waals surface area contributed by atoms with Crippen molar-refractivity contribution in [3.05, 3.63) is 197 Å². The molecule has 3 heterocycles. The number of fused-ring (bicyclic) bond motifs is 4. The highest BCUT2D eigenvalue weighted by molar-refractivity contribution is 5.82. The number of aliphatic hydroxyl groups is 5. The molecule has 0 saturated heterocycles. The first-order valence-electron chi connectivity index (χ1n) is 19.8. The predicted octanol–water partition coefficient (Wildman–Crippen LogP) is 9.55. The Morgan fingerprint density at radius 1 is 0.587 bits per heavy atom. The predicted molar refractivity (Wildman–Crippen MR) is 236 cm³/mol. The summed E-state index contributed by atoms with van der Waals surface area (Å²) in [5.41, 5.74) is 2.85. The molecule has 9 N–H and O–H groups in total. The Kier molecular flexibility index (Phi) is 9.95. The Morgan fingerprint density at radius 3 is 1.76 bits per heavy atom. The zero-order valence-electron chi connectivity index (χ0n) is 33.3. The van der Waals surface area contributed by atoms with E-state index in [9.17, 15) is 46.0 Å². The second-order valence-corrected chi connectivity index (χ2v) is 15.0. The van der Waals surface area contributed by atoms with E-state index in [4.69, 9.17) is 15.0 Å². The SMILES string of the molecule is C=C1C2=CC(C3=C(O)C(O)=CCC(O)=C3N2c2ccccc2)/C(O)=C(/O)Cc2c(O)c(O)c(O)c(O)c2N1Cc1nc(-c2ccccc2)nc(-c2ccc(-c3ccccc3)cc2)n1. The summed E-state index contributed by atoms with van der Waals surface area (Å²) in [7, 11) is 0. The number of hydrogen-bond donors (Lipinski definition) is 9. The maximum atomic E-state index is 11.8. The molecule has 2 bridgehead atoms. The highest BCUT2D eigenvalue weighted by Crippen LogP contribution is 2.55. The summed E-state index contributed by atoms with van der Waals surface area (Å²) in [6, 6.07) is 35.3. The van der Waals surface area contributed by atoms with Gasteiger partial charge in [0.05, 0.1) is 35.2 Å². The van der Waals surface area contributed by atoms with Crippen molar-refractivity contribution in [1.82, 2.24) is 15.0 Å². The van der Waals surface area contributed by atoms with Crippen molar-refractivity contribution in [2.45, 2.75) is 19.4 Å². The smallest absolute Gasteiger partial charge is 0.206 e. The maximum absolute atomic E-state index is 11.8. The number of allylic oxidation sites excluding steroid dienone is 4. The van der Waals surface area contributed by atoms with Crippen LogP contribution < -0.4 is 9.80 Å². The summed E-state index contributed by atoms with van der Waals surface area (Å²) >= 11 is 0. The van der Waals surface area contributed by atoms with Gasteiger partial charge in [0, 0.05) is 40.8 Å². The molecule has 63 heavy (non-hydrogen) atoms. The third-order valence-corrected chi connectivity index (χ3v) is 11.2. The summed E-state index contributed by atoms with van der Waals surface area (Å²) in [5.74, 6) is -8.03. The molecule has 3 aliphatic rings. The largest absolute Gasteiger partial charge is 0.510 e. The number of phenolic OH excluding ortho intramolecular Hbond substituents is 4. The molecule has 6 aromatic rings. The van der Waals surface area contributed by atoms with Crippen molar-refractivity contribution in [3.8, 4) is 56.9 Å². The standard InChI is InChI=1S/C49H39N5O9/c1-26-34-23-32(39-41(35(55)21-22-36(56)44(39)60)54(34)31-15-9-4-10-16-31)42(58)37(57)24-33-40(45(61)47(63)46(62)43(33)59)53(26)25-38-50-48(29-13-7-3-8-14-29)52-49(51-38)30-19-17-28(18-20-30)27-11-5-2-6-12-27/h2-20,22-23,32,55-63H,1,21,24-25H2/b42-37-. The van der Waals surface area contributed by atoms with Crippen molar-refractivity contribution in [2.75, 3.05) is 9.80 Å². The molecule has 2 aliphatic heterocycles. The van der Waals surface area contributed by atoms with Gasteiger partial charge in [-0.15, -0.1) is 0 Å². The van der Waals surface area contributed by atoms with Gasteiger partial charge in [-0.05, 0) is 35.4 Å². The molecule has 14 heteroatoms. The van der Waals surface area contributed by atoms with Crippen LogP contribution in [-0.4, -0.2) is 60.9 Å². The van der Waals surface area contributed by atoms with Gasteiger partial charge in [0.2, 0.25) is 11.5 Å². The summed E-state index contributed by atoms with van der Waals surface area (Å²) in [6.45, 7) is 4.08. The van der Waals surface area contributed by atoms with Gasteiger partial charge in [-0.2, -0.15) is 0 Å². The third kappa shape index (κ3) is 6.94. The summed E-state index contributed by atoms with van der Waals surface area (Å²) < 4.78 is 0. The monoisotopic (exact) mass is 841 g/mol. The molecular weight excluding hydrogens is 803 g/mol. The molecule has 0 spiro atoms. The minimum Gasteiger partial charge on any atom is -0.510 e. The molecule has 14 nitrogen and oxygen atoms in total. The molecule has 1 aromatic heterocycles. The fourth-order valence-corrected chi connectivity index (χ4v) is 8.06. The van der Waals surface area contributed by atoms with Crippen LogP contribution in [0.1, 0.15) is 17.8 Å². The molecule has 0 radical (unpaired) electrons. The number of anilines is 2. The Hall–Kier alpha value is -8.65. The van der Waals surface area contributed by atoms with Gasteiger partial charge >= 0.3 is 0 Å². The lowest BCUT2D eigenvalue weighted by Gasteiger charge is -2.42. The molecule has 9 rings (SSSR count). The molecule has 314 valence electrons. The minimum absolute atomic E-state index is 0.00483. The minimum atomic E-state index is -1.46. The van der Waals surface area contributed by atoms with Crippen LogP contribution in [0.25, 0.3) is 33.9 Å². The highest BCUT2D eigenvalue weighted by atomic mass is 16.3. The van der Waals surface area contributed by atoms with Crippen molar-refractivity contribution in [3.63, 3.8) is 0 Å². The molecule has 0 fully saturated rings. The van der Waals surface area contributed by atoms with Gasteiger partial charge in [-0.3, -0.25) is 0 Å². The number of aromatic nitrogens is 3. The zero-order chi connectivity index (χ0) is 44.1. The number of aromatic hydroxyl groups is 4. The van der Waals surface area contributed by atoms with Crippen molar-refractivity contribution in [1.29, 1.82) is 0 Å². The van der Waals surface area contributed by atoms with Crippen LogP contribution in [0.15, 0.2) is 185 Å². The zero-order valence-corrected chi connectivity index (χ0v) is 33.3. The molecule has 1 aliphatic carbocycles. The fourth-order valence-electron chi connectivity index (χ4n) is 8.06. The van der Waals surface area contributed by atoms with Gasteiger partial charge < -0.3 is 55.8 Å². The lowest BCUT2D eigenvalue weighted by Crippen LogP contribution is -2.38. The number of aliphatic hydroxyl groups excluding tert-OH is 5. The van der Waals surface area contributed by atoms with Crippen LogP contribution in [0.4, 0.5) is 11.4 Å². The maximum Gasteiger partial charge on any atom is 0.206 e. The molecule has 1 atom stereocenters. The molecule has 0 saturated carbocycles. The van der Waals surface area contributed by atoms with E-state index in [-0.39, 0.29) is 70.1 Å². The van der Waals surface area contributed by atoms with E-state index in [1.807, 2.05) is 84.9 Å². The lowest BCUT2D eigenvalue weighted by atomic mass is 9.84. The van der Waals surface area contributed by atoms with Crippen LogP contribution in [0.5, 0.6) is 23.0 Å². The number of para-hydroxylation sites is 1. The van der Waals surface area contributed by atoms with Crippen molar-refractivity contribution < 1.29 is 46.0 Å². The van der Waals surface area contributed by atoms with Gasteiger partial charge in [-0.25, -0.2) is 15.0 Å². The number of hydrogen-bond acceptors (Lipinski definition) is 14. The van der Waals surface area contributed by atoms with Crippen LogP contribution in [-0.2, 0) is 13.0 Å². The Labute approximate surface area is 360 Å². The van der Waals surface area contributed by atoms with Crippen molar-refractivity contribution >= 4 is 11.4 Å². The average Bonchev–Trinajstić information content (AvgIpc) is 3.43. The first kappa shape index (κ1) is 39.8. The summed E-state index contributed by atoms with van der Waals surface area (Å²) in [5, 5.41) is 103. The number of rotatable bonds is 6. The summed E-state index contributed by atoms with van der Waals surface area (Å²) in [4.78, 5) is 17.5. The molecule has 5 aromatic carbocycles. The first-order chi connectivity index (χ1) is 30.4. The van der Waals surface area contributed by atoms with E-state index in [0.717, 1.165) is 11.1 Å². The lowest BCUT2D eigenvalue weighted by molar-refractivity contribution is 0.282. The number of nitrogens with zero attached hydrogens (tertiary/aromatic N) is 5. The normalized spacial score (nSPS) is 17.7. The van der Waals surface area contributed by atoms with Crippen LogP contribution in [0.2, 0.25) is 0 Å². The van der Waals surface area contributed by atoms with E-state index in [1.165, 1.54) is 22.0 Å². The Balaban J connectivity index is 1.29. The second kappa shape index (κ2) is 15.7. The van der Waals surface area contributed by atoms with Gasteiger partial charge in [0.1, 0.15) is 17.3 Å². The molecule has 1 unspecified atom stereocenters. The Morgan fingerprint density at radius 2 is 1.13 bits per heavy atom. The van der Waals surface area contributed by atoms with E-state index in [2.05, 4.69) is 6.58 Å². The van der Waals surface area contributed by atoms with Gasteiger partial charge in [0.25, 0.3) is 0 Å². The summed E-state index contributed by atoms with van der Waals surface area (Å²) in [6.07, 6.45) is 1.63. The van der Waals surface area contributed by atoms with E-state index >= 15 is 0 Å². The topological polar surface area (TPSA) is 227 Å². The Bertz CT molecular complexity index is 2980. The highest BCUT2D eigenvalue weighted by Gasteiger charge is 2.43. The van der Waals surface area contributed by atoms with E-state index in [0.29, 0.717) is 16.8 Å². The fraction of sp³-hybridized carbons (Fsp3) is 0.0816. The second-order valence-electron chi connectivity index (χ2n) is 15.0. The van der Waals surface area contributed by atoms with Crippen LogP contribution >= 0.6 is 0 Å². The van der Waals surface area contributed by atoms with Gasteiger partial charge in [-0.1, -0.05) is 110 Å². The quantitative estimate of drug-likeness (QED) is 0.0562. The van der Waals surface area contributed by atoms with Crippen molar-refractivity contribution in [2.24, 2.45) is 5.92 Å². The van der Waals surface area contributed by atoms with Gasteiger partial charge in [0.15, 0.2) is 40.5 Å².